The lowest BCUT2D eigenvalue weighted by Gasteiger charge is -2.36. The lowest BCUT2D eigenvalue weighted by atomic mass is 9.97. The number of hydrogen-bond acceptors (Lipinski definition) is 3. The van der Waals surface area contributed by atoms with Gasteiger partial charge in [0.1, 0.15) is 4.75 Å². The smallest absolute Gasteiger partial charge is 0.222 e. The average molecular weight is 296 g/mol. The highest BCUT2D eigenvalue weighted by Crippen LogP contribution is 2.33. The van der Waals surface area contributed by atoms with Crippen molar-refractivity contribution in [3.63, 3.8) is 0 Å². The van der Waals surface area contributed by atoms with Gasteiger partial charge < -0.3 is 4.90 Å². The zero-order valence-electron chi connectivity index (χ0n) is 13.0. The predicted octanol–water partition coefficient (Wildman–Crippen LogP) is 3.98. The van der Waals surface area contributed by atoms with Gasteiger partial charge in [-0.3, -0.25) is 4.79 Å². The molecule has 1 aliphatic heterocycles. The fourth-order valence-electron chi connectivity index (χ4n) is 2.69. The second-order valence-electron chi connectivity index (χ2n) is 5.71. The van der Waals surface area contributed by atoms with Crippen LogP contribution >= 0.6 is 11.8 Å². The monoisotopic (exact) mass is 296 g/mol. The molecule has 0 radical (unpaired) electrons. The van der Waals surface area contributed by atoms with Gasteiger partial charge in [0.2, 0.25) is 5.91 Å². The molecule has 0 N–H and O–H groups in total. The van der Waals surface area contributed by atoms with Gasteiger partial charge in [0.15, 0.2) is 0 Å². The summed E-state index contributed by atoms with van der Waals surface area (Å²) in [6, 6.07) is 2.42. The van der Waals surface area contributed by atoms with E-state index in [1.165, 1.54) is 32.1 Å². The van der Waals surface area contributed by atoms with Crippen molar-refractivity contribution < 1.29 is 4.79 Å². The van der Waals surface area contributed by atoms with Crippen LogP contribution in [0.3, 0.4) is 0 Å². The van der Waals surface area contributed by atoms with Crippen LogP contribution < -0.4 is 0 Å². The lowest BCUT2D eigenvalue weighted by molar-refractivity contribution is -0.132. The van der Waals surface area contributed by atoms with Crippen molar-refractivity contribution in [1.82, 2.24) is 4.90 Å². The summed E-state index contributed by atoms with van der Waals surface area (Å²) in [6.45, 7) is 3.72. The summed E-state index contributed by atoms with van der Waals surface area (Å²) < 4.78 is -0.253. The first kappa shape index (κ1) is 17.4. The van der Waals surface area contributed by atoms with Crippen molar-refractivity contribution in [2.45, 2.75) is 69.5 Å². The number of amides is 1. The van der Waals surface area contributed by atoms with E-state index in [2.05, 4.69) is 13.0 Å². The van der Waals surface area contributed by atoms with Gasteiger partial charge in [0.25, 0.3) is 0 Å². The maximum absolute atomic E-state index is 12.1. The summed E-state index contributed by atoms with van der Waals surface area (Å²) in [4.78, 5) is 14.1. The van der Waals surface area contributed by atoms with E-state index in [1.54, 1.807) is 11.8 Å². The molecule has 1 fully saturated rings. The van der Waals surface area contributed by atoms with Gasteiger partial charge in [-0.2, -0.15) is 5.26 Å². The van der Waals surface area contributed by atoms with Crippen LogP contribution in [0, 0.1) is 11.3 Å². The van der Waals surface area contributed by atoms with E-state index in [0.29, 0.717) is 6.42 Å². The summed E-state index contributed by atoms with van der Waals surface area (Å²) in [5, 5.41) is 9.24. The minimum Gasteiger partial charge on any atom is -0.343 e. The van der Waals surface area contributed by atoms with Crippen molar-refractivity contribution in [3.05, 3.63) is 0 Å². The quantitative estimate of drug-likeness (QED) is 0.636. The number of carbonyl (C=O) groups excluding carboxylic acids is 1. The van der Waals surface area contributed by atoms with Crippen LogP contribution in [0.1, 0.15) is 64.7 Å². The van der Waals surface area contributed by atoms with Crippen LogP contribution in [-0.2, 0) is 4.79 Å². The van der Waals surface area contributed by atoms with Crippen LogP contribution in [0.4, 0.5) is 0 Å². The molecule has 0 saturated carbocycles. The fourth-order valence-corrected chi connectivity index (χ4v) is 3.38. The van der Waals surface area contributed by atoms with Gasteiger partial charge in [-0.05, 0) is 25.5 Å². The highest BCUT2D eigenvalue weighted by Gasteiger charge is 2.35. The van der Waals surface area contributed by atoms with Crippen LogP contribution in [0.2, 0.25) is 0 Å². The standard InChI is InChI=1S/C16H28N2OS/c1-3-4-5-6-7-8-9-15(19)18-12-10-16(14-17,20-2)11-13-18/h3-13H2,1-2H3. The van der Waals surface area contributed by atoms with E-state index in [-0.39, 0.29) is 10.7 Å². The average Bonchev–Trinajstić information content (AvgIpc) is 2.50. The van der Waals surface area contributed by atoms with Gasteiger partial charge in [0.05, 0.1) is 6.07 Å². The van der Waals surface area contributed by atoms with Gasteiger partial charge >= 0.3 is 0 Å². The van der Waals surface area contributed by atoms with E-state index < -0.39 is 0 Å². The topological polar surface area (TPSA) is 44.1 Å². The molecule has 0 unspecified atom stereocenters. The Morgan fingerprint density at radius 2 is 1.80 bits per heavy atom. The Balaban J connectivity index is 2.18. The molecule has 1 aliphatic rings. The van der Waals surface area contributed by atoms with Gasteiger partial charge in [-0.25, -0.2) is 0 Å². The first-order valence-electron chi connectivity index (χ1n) is 7.91. The third kappa shape index (κ3) is 5.36. The van der Waals surface area contributed by atoms with E-state index in [4.69, 9.17) is 0 Å². The number of nitriles is 1. The van der Waals surface area contributed by atoms with Crippen molar-refractivity contribution >= 4 is 17.7 Å². The number of unbranched alkanes of at least 4 members (excludes halogenated alkanes) is 5. The summed E-state index contributed by atoms with van der Waals surface area (Å²) in [6.07, 6.45) is 11.6. The molecule has 1 amide bonds. The Morgan fingerprint density at radius 1 is 1.20 bits per heavy atom. The molecule has 20 heavy (non-hydrogen) atoms. The Morgan fingerprint density at radius 3 is 2.35 bits per heavy atom. The van der Waals surface area contributed by atoms with E-state index in [0.717, 1.165) is 32.4 Å². The second-order valence-corrected chi connectivity index (χ2v) is 6.90. The maximum atomic E-state index is 12.1. The first-order valence-corrected chi connectivity index (χ1v) is 9.14. The summed E-state index contributed by atoms with van der Waals surface area (Å²) >= 11 is 1.64. The summed E-state index contributed by atoms with van der Waals surface area (Å²) in [5.41, 5.74) is 0. The molecule has 1 heterocycles. The van der Waals surface area contributed by atoms with Gasteiger partial charge in [-0.1, -0.05) is 39.0 Å². The lowest BCUT2D eigenvalue weighted by Crippen LogP contribution is -2.44. The molecule has 1 saturated heterocycles. The van der Waals surface area contributed by atoms with Gasteiger partial charge in [0, 0.05) is 19.5 Å². The minimum atomic E-state index is -0.253. The van der Waals surface area contributed by atoms with E-state index >= 15 is 0 Å². The Bertz CT molecular complexity index is 330. The maximum Gasteiger partial charge on any atom is 0.222 e. The van der Waals surface area contributed by atoms with Crippen LogP contribution in [-0.4, -0.2) is 34.9 Å². The van der Waals surface area contributed by atoms with Crippen molar-refractivity contribution in [2.24, 2.45) is 0 Å². The van der Waals surface area contributed by atoms with Crippen LogP contribution in [0.15, 0.2) is 0 Å². The third-order valence-corrected chi connectivity index (χ3v) is 5.54. The molecule has 0 aromatic rings. The molecule has 4 heteroatoms. The van der Waals surface area contributed by atoms with E-state index in [1.807, 2.05) is 11.2 Å². The largest absolute Gasteiger partial charge is 0.343 e. The number of likely N-dealkylation sites (tertiary alicyclic amines) is 1. The summed E-state index contributed by atoms with van der Waals surface area (Å²) in [5.74, 6) is 0.285. The van der Waals surface area contributed by atoms with Crippen molar-refractivity contribution in [3.8, 4) is 6.07 Å². The summed E-state index contributed by atoms with van der Waals surface area (Å²) in [7, 11) is 0. The minimum absolute atomic E-state index is 0.253. The number of nitrogens with zero attached hydrogens (tertiary/aromatic N) is 2. The van der Waals surface area contributed by atoms with Crippen molar-refractivity contribution in [2.75, 3.05) is 19.3 Å². The molecule has 0 bridgehead atoms. The van der Waals surface area contributed by atoms with Crippen LogP contribution in [0.25, 0.3) is 0 Å². The third-order valence-electron chi connectivity index (χ3n) is 4.26. The number of piperidine rings is 1. The number of carbonyl (C=O) groups is 1. The number of thioether (sulfide) groups is 1. The molecule has 0 atom stereocenters. The molecule has 0 aliphatic carbocycles. The first-order chi connectivity index (χ1) is 9.67. The highest BCUT2D eigenvalue weighted by molar-refractivity contribution is 8.00. The van der Waals surface area contributed by atoms with Gasteiger partial charge in [-0.15, -0.1) is 11.8 Å². The Labute approximate surface area is 128 Å². The predicted molar refractivity (Wildman–Crippen MR) is 85.7 cm³/mol. The SMILES string of the molecule is CCCCCCCCC(=O)N1CCC(C#N)(SC)CC1. The molecule has 114 valence electrons. The molecular weight excluding hydrogens is 268 g/mol. The second kappa shape index (κ2) is 9.28. The van der Waals surface area contributed by atoms with Crippen LogP contribution in [0.5, 0.6) is 0 Å². The van der Waals surface area contributed by atoms with E-state index in [9.17, 15) is 10.1 Å². The number of rotatable bonds is 8. The molecule has 1 rings (SSSR count). The molecular formula is C16H28N2OS. The molecule has 3 nitrogen and oxygen atoms in total. The highest BCUT2D eigenvalue weighted by atomic mass is 32.2. The molecule has 0 aromatic carbocycles. The molecule has 0 spiro atoms. The van der Waals surface area contributed by atoms with Crippen molar-refractivity contribution in [1.29, 1.82) is 5.26 Å². The Hall–Kier alpha value is -0.690. The normalized spacial score (nSPS) is 17.8. The zero-order chi connectivity index (χ0) is 14.8. The fraction of sp³-hybridized carbons (Fsp3) is 0.875. The molecule has 0 aromatic heterocycles. The Kier molecular flexibility index (Phi) is 8.06. The number of hydrogen-bond donors (Lipinski definition) is 0. The zero-order valence-corrected chi connectivity index (χ0v) is 13.8.